The zero-order chi connectivity index (χ0) is 24.6. The first-order chi connectivity index (χ1) is 16.2. The average Bonchev–Trinajstić information content (AvgIpc) is 3.34. The number of carbonyl (C=O) groups excluding carboxylic acids is 2. The molecular weight excluding hydrogens is 450 g/mol. The van der Waals surface area contributed by atoms with Crippen molar-refractivity contribution in [2.75, 3.05) is 4.90 Å². The van der Waals surface area contributed by atoms with Crippen LogP contribution in [0.15, 0.2) is 54.1 Å². The summed E-state index contributed by atoms with van der Waals surface area (Å²) in [5.74, 6) is -0.757. The number of aryl methyl sites for hydroxylation is 1. The molecule has 7 nitrogen and oxygen atoms in total. The van der Waals surface area contributed by atoms with Crippen molar-refractivity contribution in [3.8, 4) is 5.75 Å². The predicted octanol–water partition coefficient (Wildman–Crippen LogP) is 5.38. The third kappa shape index (κ3) is 4.46. The first-order valence-electron chi connectivity index (χ1n) is 11.2. The summed E-state index contributed by atoms with van der Waals surface area (Å²) < 4.78 is 5.67. The Labute approximate surface area is 202 Å². The van der Waals surface area contributed by atoms with E-state index in [9.17, 15) is 14.7 Å². The van der Waals surface area contributed by atoms with Gasteiger partial charge in [-0.3, -0.25) is 14.5 Å². The van der Waals surface area contributed by atoms with Crippen LogP contribution in [-0.2, 0) is 9.59 Å². The summed E-state index contributed by atoms with van der Waals surface area (Å²) in [5, 5.41) is 20.4. The highest BCUT2D eigenvalue weighted by atomic mass is 32.1. The molecule has 176 valence electrons. The SMILES string of the molecule is Cc1nnc(N2C(=O)C(=O)C(=C(O)c3ccc(OC(C)C)cc3)C2c2ccc(C(C)C)cc2)s1. The molecule has 0 bridgehead atoms. The number of aliphatic hydroxyl groups is 1. The van der Waals surface area contributed by atoms with E-state index < -0.39 is 17.7 Å². The number of hydrogen-bond donors (Lipinski definition) is 1. The number of amides is 1. The molecule has 0 saturated carbocycles. The van der Waals surface area contributed by atoms with Crippen molar-refractivity contribution in [3.05, 3.63) is 75.8 Å². The lowest BCUT2D eigenvalue weighted by atomic mass is 9.93. The second kappa shape index (κ2) is 9.38. The molecule has 3 aromatic rings. The van der Waals surface area contributed by atoms with E-state index in [0.717, 1.165) is 5.56 Å². The Morgan fingerprint density at radius 3 is 2.18 bits per heavy atom. The topological polar surface area (TPSA) is 92.6 Å². The number of aromatic nitrogens is 2. The van der Waals surface area contributed by atoms with E-state index in [1.165, 1.54) is 16.2 Å². The van der Waals surface area contributed by atoms with E-state index in [2.05, 4.69) is 24.0 Å². The van der Waals surface area contributed by atoms with Crippen LogP contribution in [0, 0.1) is 6.92 Å². The molecular formula is C26H27N3O4S. The van der Waals surface area contributed by atoms with Crippen LogP contribution in [0.3, 0.4) is 0 Å². The number of benzene rings is 2. The minimum absolute atomic E-state index is 0.00828. The van der Waals surface area contributed by atoms with Crippen LogP contribution in [0.2, 0.25) is 0 Å². The maximum atomic E-state index is 13.2. The number of Topliss-reactive ketones (excluding diaryl/α,β-unsaturated/α-hetero) is 1. The van der Waals surface area contributed by atoms with Gasteiger partial charge < -0.3 is 9.84 Å². The van der Waals surface area contributed by atoms with E-state index in [-0.39, 0.29) is 17.4 Å². The van der Waals surface area contributed by atoms with Gasteiger partial charge in [-0.2, -0.15) is 0 Å². The Kier molecular flexibility index (Phi) is 6.52. The third-order valence-electron chi connectivity index (χ3n) is 5.58. The average molecular weight is 478 g/mol. The zero-order valence-electron chi connectivity index (χ0n) is 19.8. The molecule has 1 saturated heterocycles. The molecule has 1 fully saturated rings. The molecule has 0 aliphatic carbocycles. The van der Waals surface area contributed by atoms with E-state index in [1.54, 1.807) is 31.2 Å². The molecule has 0 radical (unpaired) electrons. The zero-order valence-corrected chi connectivity index (χ0v) is 20.6. The lowest BCUT2D eigenvalue weighted by Crippen LogP contribution is -2.29. The van der Waals surface area contributed by atoms with Crippen molar-refractivity contribution < 1.29 is 19.4 Å². The Bertz CT molecular complexity index is 1240. The van der Waals surface area contributed by atoms with E-state index >= 15 is 0 Å². The van der Waals surface area contributed by atoms with Gasteiger partial charge in [0.05, 0.1) is 17.7 Å². The van der Waals surface area contributed by atoms with Gasteiger partial charge in [0.25, 0.3) is 5.78 Å². The van der Waals surface area contributed by atoms with Crippen molar-refractivity contribution in [1.29, 1.82) is 0 Å². The molecule has 1 N–H and O–H groups in total. The van der Waals surface area contributed by atoms with Gasteiger partial charge >= 0.3 is 5.91 Å². The van der Waals surface area contributed by atoms with Gasteiger partial charge in [0, 0.05) is 5.56 Å². The summed E-state index contributed by atoms with van der Waals surface area (Å²) in [6, 6.07) is 13.7. The second-order valence-electron chi connectivity index (χ2n) is 8.79. The number of anilines is 1. The molecule has 1 unspecified atom stereocenters. The van der Waals surface area contributed by atoms with E-state index in [4.69, 9.17) is 4.74 Å². The first kappa shape index (κ1) is 23.6. The predicted molar refractivity (Wildman–Crippen MR) is 132 cm³/mol. The van der Waals surface area contributed by atoms with Gasteiger partial charge in [0.1, 0.15) is 16.5 Å². The van der Waals surface area contributed by atoms with Crippen LogP contribution >= 0.6 is 11.3 Å². The molecule has 1 amide bonds. The standard InChI is InChI=1S/C26H27N3O4S/c1-14(2)17-6-8-18(9-7-17)22-21(23(30)19-10-12-20(13-11-19)33-15(3)4)24(31)25(32)29(22)26-28-27-16(5)34-26/h6-15,22,30H,1-5H3. The van der Waals surface area contributed by atoms with Crippen LogP contribution < -0.4 is 9.64 Å². The Morgan fingerprint density at radius 2 is 1.65 bits per heavy atom. The highest BCUT2D eigenvalue weighted by Gasteiger charge is 2.48. The summed E-state index contributed by atoms with van der Waals surface area (Å²) in [4.78, 5) is 27.7. The fourth-order valence-corrected chi connectivity index (χ4v) is 4.63. The van der Waals surface area contributed by atoms with Gasteiger partial charge in [-0.15, -0.1) is 10.2 Å². The number of rotatable bonds is 6. The van der Waals surface area contributed by atoms with Crippen LogP contribution in [0.25, 0.3) is 5.76 Å². The molecule has 34 heavy (non-hydrogen) atoms. The van der Waals surface area contributed by atoms with Crippen molar-refractivity contribution in [2.24, 2.45) is 0 Å². The molecule has 0 spiro atoms. The Balaban J connectivity index is 1.84. The van der Waals surface area contributed by atoms with Crippen molar-refractivity contribution in [2.45, 2.75) is 52.7 Å². The van der Waals surface area contributed by atoms with Crippen molar-refractivity contribution >= 4 is 33.9 Å². The first-order valence-corrected chi connectivity index (χ1v) is 12.0. The molecule has 4 rings (SSSR count). The highest BCUT2D eigenvalue weighted by molar-refractivity contribution is 7.15. The molecule has 2 heterocycles. The molecule has 1 aliphatic rings. The maximum absolute atomic E-state index is 13.2. The third-order valence-corrected chi connectivity index (χ3v) is 6.42. The molecule has 1 atom stereocenters. The smallest absolute Gasteiger partial charge is 0.301 e. The minimum atomic E-state index is -0.819. The molecule has 2 aromatic carbocycles. The van der Waals surface area contributed by atoms with Gasteiger partial charge in [0.2, 0.25) is 5.13 Å². The van der Waals surface area contributed by atoms with E-state index in [1.807, 2.05) is 38.1 Å². The van der Waals surface area contributed by atoms with Gasteiger partial charge in [-0.25, -0.2) is 0 Å². The fraction of sp³-hybridized carbons (Fsp3) is 0.308. The van der Waals surface area contributed by atoms with Crippen LogP contribution in [-0.4, -0.2) is 33.1 Å². The summed E-state index contributed by atoms with van der Waals surface area (Å²) in [6.07, 6.45) is 0.00828. The summed E-state index contributed by atoms with van der Waals surface area (Å²) >= 11 is 1.22. The number of aliphatic hydroxyl groups excluding tert-OH is 1. The Morgan fingerprint density at radius 1 is 1.00 bits per heavy atom. The number of ether oxygens (including phenoxy) is 1. The number of hydrogen-bond acceptors (Lipinski definition) is 7. The molecule has 1 aliphatic heterocycles. The summed E-state index contributed by atoms with van der Waals surface area (Å²) in [6.45, 7) is 9.82. The van der Waals surface area contributed by atoms with Crippen molar-refractivity contribution in [3.63, 3.8) is 0 Å². The number of ketones is 1. The molecule has 8 heteroatoms. The largest absolute Gasteiger partial charge is 0.507 e. The van der Waals surface area contributed by atoms with E-state index in [0.29, 0.717) is 32.9 Å². The van der Waals surface area contributed by atoms with Gasteiger partial charge in [-0.05, 0) is 62.1 Å². The fourth-order valence-electron chi connectivity index (χ4n) is 3.91. The molecule has 1 aromatic heterocycles. The lowest BCUT2D eigenvalue weighted by Gasteiger charge is -2.23. The number of nitrogens with zero attached hydrogens (tertiary/aromatic N) is 3. The van der Waals surface area contributed by atoms with Crippen LogP contribution in [0.1, 0.15) is 61.4 Å². The van der Waals surface area contributed by atoms with Crippen LogP contribution in [0.4, 0.5) is 5.13 Å². The monoisotopic (exact) mass is 477 g/mol. The summed E-state index contributed by atoms with van der Waals surface area (Å²) in [7, 11) is 0. The Hall–Kier alpha value is -3.52. The second-order valence-corrected chi connectivity index (χ2v) is 9.95. The summed E-state index contributed by atoms with van der Waals surface area (Å²) in [5.41, 5.74) is 2.28. The minimum Gasteiger partial charge on any atom is -0.507 e. The van der Waals surface area contributed by atoms with Crippen LogP contribution in [0.5, 0.6) is 5.75 Å². The normalized spacial score (nSPS) is 17.7. The van der Waals surface area contributed by atoms with Gasteiger partial charge in [0.15, 0.2) is 0 Å². The van der Waals surface area contributed by atoms with Gasteiger partial charge in [-0.1, -0.05) is 49.4 Å². The lowest BCUT2D eigenvalue weighted by molar-refractivity contribution is -0.132. The maximum Gasteiger partial charge on any atom is 0.301 e. The highest BCUT2D eigenvalue weighted by Crippen LogP contribution is 2.43. The quantitative estimate of drug-likeness (QED) is 0.291. The van der Waals surface area contributed by atoms with Crippen molar-refractivity contribution in [1.82, 2.24) is 10.2 Å². The number of carbonyl (C=O) groups is 2.